The maximum atomic E-state index is 10.6. The van der Waals surface area contributed by atoms with Gasteiger partial charge in [0.1, 0.15) is 0 Å². The van der Waals surface area contributed by atoms with Gasteiger partial charge in [-0.1, -0.05) is 24.8 Å². The number of rotatable bonds is 3. The van der Waals surface area contributed by atoms with E-state index in [-0.39, 0.29) is 0 Å². The molecule has 12 heavy (non-hydrogen) atoms. The third-order valence-corrected chi connectivity index (χ3v) is 1.02. The zero-order valence-corrected chi connectivity index (χ0v) is 7.39. The molecule has 0 spiro atoms. The van der Waals surface area contributed by atoms with Gasteiger partial charge in [0, 0.05) is 5.70 Å². The number of ether oxygens (including phenoxy) is 1. The Kier molecular flexibility index (Phi) is 4.53. The van der Waals surface area contributed by atoms with Gasteiger partial charge in [0.25, 0.3) is 0 Å². The molecule has 0 saturated heterocycles. The first-order valence-electron chi connectivity index (χ1n) is 3.43. The molecule has 0 aliphatic carbocycles. The number of alkyl carbamates (subject to hydrolysis) is 1. The fourth-order valence-electron chi connectivity index (χ4n) is 0.467. The minimum atomic E-state index is -0.522. The van der Waals surface area contributed by atoms with Crippen LogP contribution in [-0.2, 0) is 4.74 Å². The Morgan fingerprint density at radius 3 is 2.42 bits per heavy atom. The lowest BCUT2D eigenvalue weighted by molar-refractivity contribution is 0.174. The summed E-state index contributed by atoms with van der Waals surface area (Å²) in [7, 11) is 1.30. The average Bonchev–Trinajstić information content (AvgIpc) is 2.00. The molecule has 0 aromatic rings. The van der Waals surface area contributed by atoms with E-state index in [4.69, 9.17) is 0 Å². The third-order valence-electron chi connectivity index (χ3n) is 1.02. The van der Waals surface area contributed by atoms with Crippen molar-refractivity contribution in [3.63, 3.8) is 0 Å². The first-order valence-corrected chi connectivity index (χ1v) is 3.43. The summed E-state index contributed by atoms with van der Waals surface area (Å²) in [6.45, 7) is 9.08. The minimum absolute atomic E-state index is 0.477. The Morgan fingerprint density at radius 1 is 1.42 bits per heavy atom. The van der Waals surface area contributed by atoms with Gasteiger partial charge < -0.3 is 4.74 Å². The number of allylic oxidation sites excluding steroid dienone is 3. The van der Waals surface area contributed by atoms with Crippen LogP contribution >= 0.6 is 0 Å². The second kappa shape index (κ2) is 5.18. The van der Waals surface area contributed by atoms with Crippen molar-refractivity contribution in [3.8, 4) is 0 Å². The summed E-state index contributed by atoms with van der Waals surface area (Å²) in [6.07, 6.45) is 2.88. The van der Waals surface area contributed by atoms with Crippen LogP contribution in [0, 0.1) is 0 Å². The summed E-state index contributed by atoms with van der Waals surface area (Å²) in [5.41, 5.74) is 1.37. The van der Waals surface area contributed by atoms with E-state index in [1.807, 2.05) is 6.92 Å². The molecule has 0 radical (unpaired) electrons. The van der Waals surface area contributed by atoms with Gasteiger partial charge in [0.15, 0.2) is 0 Å². The lowest BCUT2D eigenvalue weighted by atomic mass is 10.3. The van der Waals surface area contributed by atoms with Crippen LogP contribution < -0.4 is 5.32 Å². The first kappa shape index (κ1) is 10.5. The normalized spacial score (nSPS) is 9.50. The Hall–Kier alpha value is -1.51. The fraction of sp³-hybridized carbons (Fsp3) is 0.222. The van der Waals surface area contributed by atoms with Crippen LogP contribution in [0.25, 0.3) is 0 Å². The van der Waals surface area contributed by atoms with E-state index in [1.54, 1.807) is 12.2 Å². The molecule has 3 heteroatoms. The summed E-state index contributed by atoms with van der Waals surface area (Å²) in [5, 5.41) is 2.40. The van der Waals surface area contributed by atoms with Crippen molar-refractivity contribution in [2.45, 2.75) is 6.92 Å². The molecule has 0 aliphatic heterocycles. The van der Waals surface area contributed by atoms with Crippen LogP contribution in [0.3, 0.4) is 0 Å². The van der Waals surface area contributed by atoms with Gasteiger partial charge in [-0.2, -0.15) is 0 Å². The van der Waals surface area contributed by atoms with Gasteiger partial charge in [-0.05, 0) is 13.0 Å². The molecule has 0 bridgehead atoms. The number of hydrogen-bond acceptors (Lipinski definition) is 2. The van der Waals surface area contributed by atoms with Gasteiger partial charge in [-0.3, -0.25) is 5.32 Å². The number of carbonyl (C=O) groups excluding carboxylic acids is 1. The van der Waals surface area contributed by atoms with Crippen molar-refractivity contribution in [1.82, 2.24) is 5.32 Å². The molecule has 1 N–H and O–H groups in total. The molecule has 0 heterocycles. The van der Waals surface area contributed by atoms with Gasteiger partial charge in [-0.15, -0.1) is 0 Å². The zero-order chi connectivity index (χ0) is 9.56. The highest BCUT2D eigenvalue weighted by atomic mass is 16.5. The predicted octanol–water partition coefficient (Wildman–Crippen LogP) is 1.99. The van der Waals surface area contributed by atoms with Crippen molar-refractivity contribution >= 4 is 6.09 Å². The second-order valence-corrected chi connectivity index (χ2v) is 2.32. The molecule has 0 saturated carbocycles. The maximum Gasteiger partial charge on any atom is 0.411 e. The topological polar surface area (TPSA) is 38.3 Å². The van der Waals surface area contributed by atoms with Gasteiger partial charge in [0.05, 0.1) is 7.11 Å². The Morgan fingerprint density at radius 2 is 2.00 bits per heavy atom. The molecule has 0 unspecified atom stereocenters. The maximum absolute atomic E-state index is 10.6. The molecular weight excluding hydrogens is 154 g/mol. The number of methoxy groups -OCH3 is 1. The highest BCUT2D eigenvalue weighted by molar-refractivity contribution is 5.69. The Labute approximate surface area is 72.4 Å². The van der Waals surface area contributed by atoms with Crippen LogP contribution in [0.2, 0.25) is 0 Å². The Bertz CT molecular complexity index is 229. The first-order chi connectivity index (χ1) is 5.56. The van der Waals surface area contributed by atoms with E-state index in [0.717, 1.165) is 5.57 Å². The summed E-state index contributed by atoms with van der Waals surface area (Å²) in [5.74, 6) is 0. The van der Waals surface area contributed by atoms with Crippen molar-refractivity contribution < 1.29 is 9.53 Å². The molecular formula is C9H13NO2. The van der Waals surface area contributed by atoms with E-state index in [0.29, 0.717) is 5.70 Å². The quantitative estimate of drug-likeness (QED) is 0.653. The molecule has 0 aromatic carbocycles. The van der Waals surface area contributed by atoms with Gasteiger partial charge in [0.2, 0.25) is 0 Å². The molecule has 1 amide bonds. The highest BCUT2D eigenvalue weighted by Gasteiger charge is 1.96. The van der Waals surface area contributed by atoms with Crippen LogP contribution in [-0.4, -0.2) is 13.2 Å². The van der Waals surface area contributed by atoms with E-state index in [1.165, 1.54) is 7.11 Å². The van der Waals surface area contributed by atoms with Gasteiger partial charge in [-0.25, -0.2) is 4.79 Å². The average molecular weight is 167 g/mol. The molecule has 0 aliphatic rings. The largest absolute Gasteiger partial charge is 0.453 e. The Balaban J connectivity index is 3.90. The van der Waals surface area contributed by atoms with E-state index in [9.17, 15) is 4.79 Å². The minimum Gasteiger partial charge on any atom is -0.453 e. The molecule has 66 valence electrons. The summed E-state index contributed by atoms with van der Waals surface area (Å²) < 4.78 is 4.36. The number of nitrogens with one attached hydrogen (secondary N) is 1. The van der Waals surface area contributed by atoms with E-state index < -0.39 is 6.09 Å². The summed E-state index contributed by atoms with van der Waals surface area (Å²) in [4.78, 5) is 10.6. The van der Waals surface area contributed by atoms with E-state index >= 15 is 0 Å². The second-order valence-electron chi connectivity index (χ2n) is 2.32. The fourth-order valence-corrected chi connectivity index (χ4v) is 0.467. The van der Waals surface area contributed by atoms with Crippen molar-refractivity contribution in [2.75, 3.05) is 7.11 Å². The smallest absolute Gasteiger partial charge is 0.411 e. The predicted molar refractivity (Wildman–Crippen MR) is 48.6 cm³/mol. The molecule has 0 aromatic heterocycles. The van der Waals surface area contributed by atoms with Gasteiger partial charge >= 0.3 is 6.09 Å². The monoisotopic (exact) mass is 167 g/mol. The SMILES string of the molecule is C=C(C)/C=C\C(=C)NC(=O)OC. The van der Waals surface area contributed by atoms with Crippen molar-refractivity contribution in [3.05, 3.63) is 36.6 Å². The number of hydrogen-bond donors (Lipinski definition) is 1. The number of carbonyl (C=O) groups is 1. The van der Waals surface area contributed by atoms with E-state index in [2.05, 4.69) is 23.2 Å². The van der Waals surface area contributed by atoms with Crippen molar-refractivity contribution in [1.29, 1.82) is 0 Å². The lowest BCUT2D eigenvalue weighted by Crippen LogP contribution is -2.20. The summed E-state index contributed by atoms with van der Waals surface area (Å²) >= 11 is 0. The van der Waals surface area contributed by atoms with Crippen LogP contribution in [0.1, 0.15) is 6.92 Å². The number of amides is 1. The standard InChI is InChI=1S/C9H13NO2/c1-7(2)5-6-8(3)10-9(11)12-4/h5-6H,1,3H2,2,4H3,(H,10,11)/b6-5-. The molecule has 0 fully saturated rings. The van der Waals surface area contributed by atoms with Crippen LogP contribution in [0.5, 0.6) is 0 Å². The van der Waals surface area contributed by atoms with Crippen molar-refractivity contribution in [2.24, 2.45) is 0 Å². The third kappa shape index (κ3) is 5.29. The lowest BCUT2D eigenvalue weighted by Gasteiger charge is -2.01. The zero-order valence-electron chi connectivity index (χ0n) is 7.39. The molecule has 0 rings (SSSR count). The summed E-state index contributed by atoms with van der Waals surface area (Å²) in [6, 6.07) is 0. The van der Waals surface area contributed by atoms with Crippen LogP contribution in [0.15, 0.2) is 36.6 Å². The molecule has 3 nitrogen and oxygen atoms in total. The molecule has 0 atom stereocenters. The highest BCUT2D eigenvalue weighted by Crippen LogP contribution is 1.94. The van der Waals surface area contributed by atoms with Crippen LogP contribution in [0.4, 0.5) is 4.79 Å².